The first-order valence-electron chi connectivity index (χ1n) is 3.99. The van der Waals surface area contributed by atoms with Crippen molar-refractivity contribution in [2.24, 2.45) is 0 Å². The fraction of sp³-hybridized carbons (Fsp3) is 0.875. The summed E-state index contributed by atoms with van der Waals surface area (Å²) in [7, 11) is 0. The minimum absolute atomic E-state index is 0.0290. The molecule has 11 heavy (non-hydrogen) atoms. The van der Waals surface area contributed by atoms with E-state index in [9.17, 15) is 0 Å². The van der Waals surface area contributed by atoms with Crippen molar-refractivity contribution >= 4 is 0 Å². The van der Waals surface area contributed by atoms with Gasteiger partial charge >= 0.3 is 0 Å². The summed E-state index contributed by atoms with van der Waals surface area (Å²) in [5.74, 6) is 0. The molecule has 2 unspecified atom stereocenters. The standard InChI is InChI=1S/C8H14N2O/c1-7(5-9)10-3-4-11-8(2)6-10/h7-8H,3-4,6H2,1-2H3. The Morgan fingerprint density at radius 1 is 1.73 bits per heavy atom. The number of nitriles is 1. The summed E-state index contributed by atoms with van der Waals surface area (Å²) in [4.78, 5) is 2.15. The van der Waals surface area contributed by atoms with E-state index in [4.69, 9.17) is 10.00 Å². The summed E-state index contributed by atoms with van der Waals surface area (Å²) in [6.45, 7) is 6.50. The third kappa shape index (κ3) is 2.18. The Morgan fingerprint density at radius 3 is 3.00 bits per heavy atom. The third-order valence-corrected chi connectivity index (χ3v) is 2.01. The molecule has 0 aromatic carbocycles. The van der Waals surface area contributed by atoms with Crippen molar-refractivity contribution in [3.63, 3.8) is 0 Å². The number of hydrogen-bond donors (Lipinski definition) is 0. The van der Waals surface area contributed by atoms with Crippen LogP contribution >= 0.6 is 0 Å². The van der Waals surface area contributed by atoms with Crippen molar-refractivity contribution in [1.82, 2.24) is 4.90 Å². The van der Waals surface area contributed by atoms with Gasteiger partial charge in [-0.15, -0.1) is 0 Å². The van der Waals surface area contributed by atoms with Crippen LogP contribution in [0, 0.1) is 11.3 Å². The number of nitrogens with zero attached hydrogens (tertiary/aromatic N) is 2. The van der Waals surface area contributed by atoms with E-state index in [2.05, 4.69) is 11.0 Å². The van der Waals surface area contributed by atoms with Crippen LogP contribution in [0.1, 0.15) is 13.8 Å². The van der Waals surface area contributed by atoms with E-state index in [-0.39, 0.29) is 12.1 Å². The molecule has 0 amide bonds. The molecule has 0 spiro atoms. The van der Waals surface area contributed by atoms with Crippen LogP contribution in [0.5, 0.6) is 0 Å². The van der Waals surface area contributed by atoms with Gasteiger partial charge in [0.05, 0.1) is 24.8 Å². The van der Waals surface area contributed by atoms with E-state index in [1.165, 1.54) is 0 Å². The largest absolute Gasteiger partial charge is 0.376 e. The Labute approximate surface area is 67.6 Å². The highest BCUT2D eigenvalue weighted by Crippen LogP contribution is 2.07. The maximum Gasteiger partial charge on any atom is 0.0951 e. The van der Waals surface area contributed by atoms with Gasteiger partial charge in [0.15, 0.2) is 0 Å². The van der Waals surface area contributed by atoms with Crippen molar-refractivity contribution in [2.45, 2.75) is 26.0 Å². The molecule has 1 rings (SSSR count). The average molecular weight is 154 g/mol. The Kier molecular flexibility index (Phi) is 2.86. The summed E-state index contributed by atoms with van der Waals surface area (Å²) >= 11 is 0. The van der Waals surface area contributed by atoms with E-state index in [0.717, 1.165) is 19.7 Å². The molecule has 1 heterocycles. The lowest BCUT2D eigenvalue weighted by Gasteiger charge is -2.32. The summed E-state index contributed by atoms with van der Waals surface area (Å²) < 4.78 is 5.35. The maximum absolute atomic E-state index is 8.64. The molecule has 0 aromatic heterocycles. The molecular formula is C8H14N2O. The molecule has 0 aromatic rings. The Balaban J connectivity index is 2.40. The number of morpholine rings is 1. The van der Waals surface area contributed by atoms with Gasteiger partial charge in [0, 0.05) is 13.1 Å². The highest BCUT2D eigenvalue weighted by atomic mass is 16.5. The first-order valence-corrected chi connectivity index (χ1v) is 3.99. The summed E-state index contributed by atoms with van der Waals surface area (Å²) in [5, 5.41) is 8.64. The lowest BCUT2D eigenvalue weighted by Crippen LogP contribution is -2.45. The minimum Gasteiger partial charge on any atom is -0.376 e. The van der Waals surface area contributed by atoms with Crippen LogP contribution in [0.15, 0.2) is 0 Å². The second-order valence-electron chi connectivity index (χ2n) is 2.98. The van der Waals surface area contributed by atoms with Crippen LogP contribution in [0.25, 0.3) is 0 Å². The lowest BCUT2D eigenvalue weighted by molar-refractivity contribution is -0.0243. The molecular weight excluding hydrogens is 140 g/mol. The van der Waals surface area contributed by atoms with Crippen molar-refractivity contribution in [1.29, 1.82) is 5.26 Å². The predicted octanol–water partition coefficient (Wildman–Crippen LogP) is 0.619. The zero-order chi connectivity index (χ0) is 8.27. The van der Waals surface area contributed by atoms with Gasteiger partial charge in [-0.2, -0.15) is 5.26 Å². The zero-order valence-electron chi connectivity index (χ0n) is 7.08. The molecule has 1 aliphatic heterocycles. The van der Waals surface area contributed by atoms with Gasteiger partial charge in [-0.25, -0.2) is 0 Å². The second kappa shape index (κ2) is 3.70. The quantitative estimate of drug-likeness (QED) is 0.555. The molecule has 0 N–H and O–H groups in total. The topological polar surface area (TPSA) is 36.3 Å². The Bertz CT molecular complexity index is 164. The molecule has 1 saturated heterocycles. The van der Waals surface area contributed by atoms with Gasteiger partial charge in [0.1, 0.15) is 0 Å². The molecule has 0 saturated carbocycles. The molecule has 62 valence electrons. The van der Waals surface area contributed by atoms with E-state index in [1.54, 1.807) is 0 Å². The van der Waals surface area contributed by atoms with Crippen LogP contribution < -0.4 is 0 Å². The van der Waals surface area contributed by atoms with Crippen LogP contribution in [-0.4, -0.2) is 36.7 Å². The second-order valence-corrected chi connectivity index (χ2v) is 2.98. The van der Waals surface area contributed by atoms with Gasteiger partial charge < -0.3 is 4.74 Å². The highest BCUT2D eigenvalue weighted by molar-refractivity contribution is 4.89. The normalized spacial score (nSPS) is 29.4. The monoisotopic (exact) mass is 154 g/mol. The molecule has 1 aliphatic rings. The van der Waals surface area contributed by atoms with Gasteiger partial charge in [-0.3, -0.25) is 4.90 Å². The SMILES string of the molecule is CC1CN(C(C)C#N)CCO1. The van der Waals surface area contributed by atoms with Gasteiger partial charge in [0.25, 0.3) is 0 Å². The smallest absolute Gasteiger partial charge is 0.0951 e. The van der Waals surface area contributed by atoms with E-state index >= 15 is 0 Å². The predicted molar refractivity (Wildman–Crippen MR) is 42.1 cm³/mol. The first kappa shape index (κ1) is 8.51. The van der Waals surface area contributed by atoms with Crippen LogP contribution in [0.2, 0.25) is 0 Å². The lowest BCUT2D eigenvalue weighted by atomic mass is 10.2. The zero-order valence-corrected chi connectivity index (χ0v) is 7.08. The van der Waals surface area contributed by atoms with Crippen LogP contribution in [-0.2, 0) is 4.74 Å². The van der Waals surface area contributed by atoms with Gasteiger partial charge in [0.2, 0.25) is 0 Å². The summed E-state index contributed by atoms with van der Waals surface area (Å²) in [5.41, 5.74) is 0. The third-order valence-electron chi connectivity index (χ3n) is 2.01. The average Bonchev–Trinajstić information content (AvgIpc) is 2.03. The molecule has 0 bridgehead atoms. The van der Waals surface area contributed by atoms with Crippen molar-refractivity contribution in [2.75, 3.05) is 19.7 Å². The molecule has 2 atom stereocenters. The molecule has 3 nitrogen and oxygen atoms in total. The first-order chi connectivity index (χ1) is 5.24. The fourth-order valence-electron chi connectivity index (χ4n) is 1.28. The molecule has 3 heteroatoms. The van der Waals surface area contributed by atoms with Crippen LogP contribution in [0.4, 0.5) is 0 Å². The number of hydrogen-bond acceptors (Lipinski definition) is 3. The molecule has 0 radical (unpaired) electrons. The van der Waals surface area contributed by atoms with Crippen LogP contribution in [0.3, 0.4) is 0 Å². The number of rotatable bonds is 1. The van der Waals surface area contributed by atoms with Crippen molar-refractivity contribution in [3.05, 3.63) is 0 Å². The molecule has 1 fully saturated rings. The van der Waals surface area contributed by atoms with Gasteiger partial charge in [-0.1, -0.05) is 0 Å². The van der Waals surface area contributed by atoms with Crippen molar-refractivity contribution < 1.29 is 4.74 Å². The minimum atomic E-state index is 0.0290. The Hall–Kier alpha value is -0.590. The summed E-state index contributed by atoms with van der Waals surface area (Å²) in [6.07, 6.45) is 0.277. The Morgan fingerprint density at radius 2 is 2.45 bits per heavy atom. The maximum atomic E-state index is 8.64. The molecule has 0 aliphatic carbocycles. The van der Waals surface area contributed by atoms with E-state index < -0.39 is 0 Å². The fourth-order valence-corrected chi connectivity index (χ4v) is 1.28. The van der Waals surface area contributed by atoms with Crippen molar-refractivity contribution in [3.8, 4) is 6.07 Å². The highest BCUT2D eigenvalue weighted by Gasteiger charge is 2.20. The number of ether oxygens (including phenoxy) is 1. The summed E-state index contributed by atoms with van der Waals surface area (Å²) in [6, 6.07) is 2.25. The van der Waals surface area contributed by atoms with E-state index in [0.29, 0.717) is 0 Å². The van der Waals surface area contributed by atoms with E-state index in [1.807, 2.05) is 13.8 Å². The van der Waals surface area contributed by atoms with Gasteiger partial charge in [-0.05, 0) is 13.8 Å².